The van der Waals surface area contributed by atoms with Crippen LogP contribution in [0.3, 0.4) is 0 Å². The zero-order valence-electron chi connectivity index (χ0n) is 19.3. The third-order valence-corrected chi connectivity index (χ3v) is 4.98. The topological polar surface area (TPSA) is 67.9 Å². The van der Waals surface area contributed by atoms with Gasteiger partial charge in [0.2, 0.25) is 5.91 Å². The Morgan fingerprint density at radius 2 is 1.71 bits per heavy atom. The summed E-state index contributed by atoms with van der Waals surface area (Å²) in [6, 6.07) is 14.5. The number of para-hydroxylation sites is 1. The summed E-state index contributed by atoms with van der Waals surface area (Å²) in [5.41, 5.74) is 1.92. The minimum Gasteiger partial charge on any atom is -0.497 e. The molecule has 31 heavy (non-hydrogen) atoms. The van der Waals surface area contributed by atoms with E-state index in [1.54, 1.807) is 18.9 Å². The molecule has 6 nitrogen and oxygen atoms in total. The zero-order chi connectivity index (χ0) is 23.0. The fourth-order valence-electron chi connectivity index (χ4n) is 3.27. The smallest absolute Gasteiger partial charge is 0.261 e. The number of nitrogens with zero attached hydrogens (tertiary/aromatic N) is 1. The highest BCUT2D eigenvalue weighted by molar-refractivity contribution is 5.88. The molecule has 0 saturated heterocycles. The minimum absolute atomic E-state index is 0.0158. The van der Waals surface area contributed by atoms with Crippen molar-refractivity contribution in [3.8, 4) is 11.5 Å². The van der Waals surface area contributed by atoms with Crippen LogP contribution in [-0.4, -0.2) is 42.5 Å². The molecule has 0 aliphatic rings. The number of rotatable bonds is 10. The number of nitrogens with one attached hydrogen (secondary N) is 1. The van der Waals surface area contributed by atoms with Gasteiger partial charge in [-0.05, 0) is 56.0 Å². The molecule has 0 aliphatic carbocycles. The molecule has 0 saturated carbocycles. The highest BCUT2D eigenvalue weighted by atomic mass is 16.5. The van der Waals surface area contributed by atoms with Crippen LogP contribution in [0.15, 0.2) is 48.5 Å². The molecule has 0 unspecified atom stereocenters. The first kappa shape index (κ1) is 24.3. The van der Waals surface area contributed by atoms with E-state index in [9.17, 15) is 9.59 Å². The van der Waals surface area contributed by atoms with E-state index in [-0.39, 0.29) is 36.9 Å². The SMILES string of the molecule is COc1cccc(CN(C(=O)COc2ccccc2C(C)C)[C@@H](C)C(=O)NC(C)C)c1. The monoisotopic (exact) mass is 426 g/mol. The molecule has 2 aromatic carbocycles. The number of benzene rings is 2. The summed E-state index contributed by atoms with van der Waals surface area (Å²) in [7, 11) is 1.60. The highest BCUT2D eigenvalue weighted by Crippen LogP contribution is 2.26. The van der Waals surface area contributed by atoms with E-state index in [1.165, 1.54) is 0 Å². The fraction of sp³-hybridized carbons (Fsp3) is 0.440. The largest absolute Gasteiger partial charge is 0.497 e. The van der Waals surface area contributed by atoms with Crippen LogP contribution in [0, 0.1) is 0 Å². The Balaban J connectivity index is 2.22. The Labute approximate surface area is 185 Å². The lowest BCUT2D eigenvalue weighted by Gasteiger charge is -2.29. The molecule has 0 aliphatic heterocycles. The molecular formula is C25H34N2O4. The van der Waals surface area contributed by atoms with Gasteiger partial charge in [0.15, 0.2) is 6.61 Å². The third-order valence-electron chi connectivity index (χ3n) is 4.98. The molecule has 168 valence electrons. The van der Waals surface area contributed by atoms with Crippen LogP contribution in [0.5, 0.6) is 11.5 Å². The van der Waals surface area contributed by atoms with E-state index in [2.05, 4.69) is 19.2 Å². The summed E-state index contributed by atoms with van der Waals surface area (Å²) < 4.78 is 11.2. The molecule has 2 amide bonds. The third kappa shape index (κ3) is 7.02. The number of carbonyl (C=O) groups is 2. The molecule has 0 heterocycles. The van der Waals surface area contributed by atoms with E-state index in [0.29, 0.717) is 11.5 Å². The highest BCUT2D eigenvalue weighted by Gasteiger charge is 2.27. The fourth-order valence-corrected chi connectivity index (χ4v) is 3.27. The molecule has 0 spiro atoms. The summed E-state index contributed by atoms with van der Waals surface area (Å²) in [6.45, 7) is 9.81. The first-order valence-electron chi connectivity index (χ1n) is 10.7. The van der Waals surface area contributed by atoms with Gasteiger partial charge in [-0.25, -0.2) is 0 Å². The van der Waals surface area contributed by atoms with Gasteiger partial charge in [-0.1, -0.05) is 44.2 Å². The molecule has 1 atom stereocenters. The minimum atomic E-state index is -0.648. The average molecular weight is 427 g/mol. The Kier molecular flexibility index (Phi) is 8.91. The van der Waals surface area contributed by atoms with E-state index in [1.807, 2.05) is 62.4 Å². The van der Waals surface area contributed by atoms with Gasteiger partial charge in [0.25, 0.3) is 5.91 Å². The van der Waals surface area contributed by atoms with Crippen LogP contribution in [0.4, 0.5) is 0 Å². The van der Waals surface area contributed by atoms with Crippen molar-refractivity contribution in [1.82, 2.24) is 10.2 Å². The van der Waals surface area contributed by atoms with Gasteiger partial charge in [-0.15, -0.1) is 0 Å². The standard InChI is InChI=1S/C25H34N2O4/c1-17(2)22-12-7-8-13-23(22)31-16-24(28)27(19(5)25(29)26-18(3)4)15-20-10-9-11-21(14-20)30-6/h7-14,17-19H,15-16H2,1-6H3,(H,26,29)/t19-/m0/s1. The Morgan fingerprint density at radius 3 is 2.35 bits per heavy atom. The summed E-state index contributed by atoms with van der Waals surface area (Å²) in [5, 5.41) is 2.89. The van der Waals surface area contributed by atoms with Gasteiger partial charge in [0.1, 0.15) is 17.5 Å². The normalized spacial score (nSPS) is 11.9. The molecule has 2 rings (SSSR count). The molecular weight excluding hydrogens is 392 g/mol. The van der Waals surface area contributed by atoms with Gasteiger partial charge in [0, 0.05) is 12.6 Å². The number of hydrogen-bond donors (Lipinski definition) is 1. The zero-order valence-corrected chi connectivity index (χ0v) is 19.3. The molecule has 0 fully saturated rings. The second kappa shape index (κ2) is 11.4. The lowest BCUT2D eigenvalue weighted by molar-refractivity contribution is -0.142. The quantitative estimate of drug-likeness (QED) is 0.620. The van der Waals surface area contributed by atoms with Gasteiger partial charge in [0.05, 0.1) is 7.11 Å². The number of carbonyl (C=O) groups excluding carboxylic acids is 2. The predicted octanol–water partition coefficient (Wildman–Crippen LogP) is 4.14. The maximum absolute atomic E-state index is 13.2. The van der Waals surface area contributed by atoms with Crippen molar-refractivity contribution in [2.24, 2.45) is 0 Å². The van der Waals surface area contributed by atoms with Crippen molar-refractivity contribution in [1.29, 1.82) is 0 Å². The Bertz CT molecular complexity index is 879. The van der Waals surface area contributed by atoms with Gasteiger partial charge < -0.3 is 19.7 Å². The number of ether oxygens (including phenoxy) is 2. The van der Waals surface area contributed by atoms with Crippen molar-refractivity contribution in [3.05, 3.63) is 59.7 Å². The first-order valence-corrected chi connectivity index (χ1v) is 10.7. The molecule has 6 heteroatoms. The number of methoxy groups -OCH3 is 1. The van der Waals surface area contributed by atoms with Crippen LogP contribution < -0.4 is 14.8 Å². The molecule has 2 aromatic rings. The van der Waals surface area contributed by atoms with Crippen LogP contribution >= 0.6 is 0 Å². The summed E-state index contributed by atoms with van der Waals surface area (Å²) in [4.78, 5) is 27.4. The second-order valence-electron chi connectivity index (χ2n) is 8.19. The first-order chi connectivity index (χ1) is 14.7. The van der Waals surface area contributed by atoms with Crippen LogP contribution in [0.2, 0.25) is 0 Å². The number of amides is 2. The average Bonchev–Trinajstić information content (AvgIpc) is 2.75. The maximum Gasteiger partial charge on any atom is 0.261 e. The van der Waals surface area contributed by atoms with Crippen molar-refractivity contribution in [3.63, 3.8) is 0 Å². The van der Waals surface area contributed by atoms with Gasteiger partial charge in [-0.3, -0.25) is 9.59 Å². The molecule has 0 bridgehead atoms. The van der Waals surface area contributed by atoms with Crippen molar-refractivity contribution < 1.29 is 19.1 Å². The Morgan fingerprint density at radius 1 is 1.00 bits per heavy atom. The second-order valence-corrected chi connectivity index (χ2v) is 8.19. The van der Waals surface area contributed by atoms with Gasteiger partial charge >= 0.3 is 0 Å². The molecule has 1 N–H and O–H groups in total. The van der Waals surface area contributed by atoms with Crippen LogP contribution in [0.1, 0.15) is 51.7 Å². The maximum atomic E-state index is 13.2. The van der Waals surface area contributed by atoms with E-state index in [0.717, 1.165) is 11.1 Å². The van der Waals surface area contributed by atoms with E-state index < -0.39 is 6.04 Å². The van der Waals surface area contributed by atoms with E-state index in [4.69, 9.17) is 9.47 Å². The molecule has 0 aromatic heterocycles. The number of hydrogen-bond acceptors (Lipinski definition) is 4. The van der Waals surface area contributed by atoms with Crippen LogP contribution in [0.25, 0.3) is 0 Å². The summed E-state index contributed by atoms with van der Waals surface area (Å²) in [5.74, 6) is 1.20. The summed E-state index contributed by atoms with van der Waals surface area (Å²) in [6.07, 6.45) is 0. The van der Waals surface area contributed by atoms with E-state index >= 15 is 0 Å². The van der Waals surface area contributed by atoms with Gasteiger partial charge in [-0.2, -0.15) is 0 Å². The Hall–Kier alpha value is -3.02. The lowest BCUT2D eigenvalue weighted by Crippen LogP contribution is -2.50. The van der Waals surface area contributed by atoms with Crippen molar-refractivity contribution in [2.75, 3.05) is 13.7 Å². The molecule has 0 radical (unpaired) electrons. The van der Waals surface area contributed by atoms with Crippen molar-refractivity contribution >= 4 is 11.8 Å². The summed E-state index contributed by atoms with van der Waals surface area (Å²) >= 11 is 0. The van der Waals surface area contributed by atoms with Crippen molar-refractivity contribution in [2.45, 2.75) is 59.2 Å². The predicted molar refractivity (Wildman–Crippen MR) is 122 cm³/mol. The van der Waals surface area contributed by atoms with Crippen LogP contribution in [-0.2, 0) is 16.1 Å². The lowest BCUT2D eigenvalue weighted by atomic mass is 10.0.